The summed E-state index contributed by atoms with van der Waals surface area (Å²) in [5.74, 6) is 2.85. The van der Waals surface area contributed by atoms with E-state index in [1.54, 1.807) is 0 Å². The Kier molecular flexibility index (Phi) is 5.64. The van der Waals surface area contributed by atoms with Gasteiger partial charge in [0.25, 0.3) is 0 Å². The number of aromatic nitrogens is 2. The number of aryl methyl sites for hydroxylation is 2. The van der Waals surface area contributed by atoms with E-state index in [1.165, 1.54) is 11.1 Å². The molecule has 0 saturated carbocycles. The molecule has 0 unspecified atom stereocenters. The van der Waals surface area contributed by atoms with Crippen LogP contribution in [0.1, 0.15) is 36.0 Å². The molecule has 5 nitrogen and oxygen atoms in total. The summed E-state index contributed by atoms with van der Waals surface area (Å²) in [5, 5.41) is 6.89. The number of rotatable bonds is 7. The van der Waals surface area contributed by atoms with Crippen molar-refractivity contribution in [1.82, 2.24) is 15.3 Å². The minimum absolute atomic E-state index is 0.704. The topological polar surface area (TPSA) is 59.1 Å². The Morgan fingerprint density at radius 3 is 3.00 bits per heavy atom. The predicted octanol–water partition coefficient (Wildman–Crippen LogP) is 2.87. The molecule has 2 N–H and O–H groups in total. The number of nitrogens with one attached hydrogen (secondary N) is 2. The average Bonchev–Trinajstić information content (AvgIpc) is 2.60. The first kappa shape index (κ1) is 16.7. The third-order valence-corrected chi connectivity index (χ3v) is 4.24. The van der Waals surface area contributed by atoms with Crippen LogP contribution >= 0.6 is 0 Å². The summed E-state index contributed by atoms with van der Waals surface area (Å²) in [6.45, 7) is 7.42. The Balaban J connectivity index is 1.59. The quantitative estimate of drug-likeness (QED) is 0.766. The minimum Gasteiger partial charge on any atom is -0.494 e. The number of benzene rings is 1. The molecule has 0 amide bonds. The molecule has 0 radical (unpaired) electrons. The first-order valence-corrected chi connectivity index (χ1v) is 8.79. The molecule has 1 aromatic carbocycles. The van der Waals surface area contributed by atoms with E-state index in [1.807, 2.05) is 26.0 Å². The van der Waals surface area contributed by atoms with Crippen LogP contribution in [0.4, 0.5) is 5.82 Å². The fraction of sp³-hybridized carbons (Fsp3) is 0.474. The Hall–Kier alpha value is -2.14. The maximum atomic E-state index is 5.69. The molecule has 0 aliphatic carbocycles. The fourth-order valence-corrected chi connectivity index (χ4v) is 3.12. The summed E-state index contributed by atoms with van der Waals surface area (Å²) in [6, 6.07) is 8.29. The van der Waals surface area contributed by atoms with Gasteiger partial charge in [-0.3, -0.25) is 0 Å². The van der Waals surface area contributed by atoms with Gasteiger partial charge in [0.05, 0.1) is 12.3 Å². The van der Waals surface area contributed by atoms with E-state index in [2.05, 4.69) is 32.7 Å². The molecule has 128 valence electrons. The van der Waals surface area contributed by atoms with Gasteiger partial charge in [0.2, 0.25) is 0 Å². The van der Waals surface area contributed by atoms with Gasteiger partial charge in [0.15, 0.2) is 0 Å². The standard InChI is InChI=1S/C19H26N4O/c1-3-24-18-9-5-4-7-15(18)8-6-11-21-19-16-10-12-20-13-17(16)22-14(2)23-19/h4-5,7,9,20H,3,6,8,10-13H2,1-2H3,(H,21,22,23). The molecule has 0 bridgehead atoms. The zero-order valence-corrected chi connectivity index (χ0v) is 14.6. The van der Waals surface area contributed by atoms with E-state index in [0.29, 0.717) is 6.61 Å². The van der Waals surface area contributed by atoms with E-state index in [9.17, 15) is 0 Å². The van der Waals surface area contributed by atoms with Crippen molar-refractivity contribution in [3.63, 3.8) is 0 Å². The summed E-state index contributed by atoms with van der Waals surface area (Å²) >= 11 is 0. The Bertz CT molecular complexity index is 687. The Morgan fingerprint density at radius 2 is 2.12 bits per heavy atom. The van der Waals surface area contributed by atoms with Gasteiger partial charge in [-0.1, -0.05) is 18.2 Å². The molecule has 2 aromatic rings. The largest absolute Gasteiger partial charge is 0.494 e. The van der Waals surface area contributed by atoms with Gasteiger partial charge >= 0.3 is 0 Å². The van der Waals surface area contributed by atoms with E-state index in [-0.39, 0.29) is 0 Å². The highest BCUT2D eigenvalue weighted by Crippen LogP contribution is 2.21. The molecule has 24 heavy (non-hydrogen) atoms. The molecule has 3 rings (SSSR count). The zero-order chi connectivity index (χ0) is 16.8. The van der Waals surface area contributed by atoms with Crippen molar-refractivity contribution in [1.29, 1.82) is 0 Å². The van der Waals surface area contributed by atoms with Crippen LogP contribution in [-0.4, -0.2) is 29.7 Å². The van der Waals surface area contributed by atoms with Gasteiger partial charge < -0.3 is 15.4 Å². The SMILES string of the molecule is CCOc1ccccc1CCCNc1nc(C)nc2c1CCNC2. The van der Waals surface area contributed by atoms with Gasteiger partial charge in [0, 0.05) is 18.7 Å². The molecular formula is C19H26N4O. The van der Waals surface area contributed by atoms with Gasteiger partial charge in [-0.25, -0.2) is 9.97 Å². The maximum absolute atomic E-state index is 5.69. The zero-order valence-electron chi connectivity index (χ0n) is 14.6. The second-order valence-electron chi connectivity index (χ2n) is 6.04. The average molecular weight is 326 g/mol. The summed E-state index contributed by atoms with van der Waals surface area (Å²) < 4.78 is 5.69. The minimum atomic E-state index is 0.704. The first-order chi connectivity index (χ1) is 11.8. The number of anilines is 1. The van der Waals surface area contributed by atoms with Gasteiger partial charge in [-0.2, -0.15) is 0 Å². The van der Waals surface area contributed by atoms with E-state index >= 15 is 0 Å². The van der Waals surface area contributed by atoms with Crippen LogP contribution in [0, 0.1) is 6.92 Å². The van der Waals surface area contributed by atoms with Crippen LogP contribution in [0.2, 0.25) is 0 Å². The molecule has 1 aliphatic heterocycles. The molecule has 0 fully saturated rings. The number of ether oxygens (including phenoxy) is 1. The van der Waals surface area contributed by atoms with Gasteiger partial charge in [0.1, 0.15) is 17.4 Å². The summed E-state index contributed by atoms with van der Waals surface area (Å²) in [5.41, 5.74) is 3.68. The van der Waals surface area contributed by atoms with E-state index in [4.69, 9.17) is 4.74 Å². The smallest absolute Gasteiger partial charge is 0.133 e. The van der Waals surface area contributed by atoms with E-state index < -0.39 is 0 Å². The molecular weight excluding hydrogens is 300 g/mol. The molecule has 0 saturated heterocycles. The number of nitrogens with zero attached hydrogens (tertiary/aromatic N) is 2. The molecule has 5 heteroatoms. The number of para-hydroxylation sites is 1. The predicted molar refractivity (Wildman–Crippen MR) is 96.6 cm³/mol. The van der Waals surface area contributed by atoms with Gasteiger partial charge in [-0.05, 0) is 51.3 Å². The summed E-state index contributed by atoms with van der Waals surface area (Å²) in [4.78, 5) is 9.16. The van der Waals surface area contributed by atoms with Crippen molar-refractivity contribution in [3.05, 3.63) is 46.9 Å². The number of hydrogen-bond acceptors (Lipinski definition) is 5. The molecule has 1 aliphatic rings. The lowest BCUT2D eigenvalue weighted by Gasteiger charge is -2.20. The van der Waals surface area contributed by atoms with Crippen molar-refractivity contribution >= 4 is 5.82 Å². The number of fused-ring (bicyclic) bond motifs is 1. The molecule has 0 atom stereocenters. The Labute approximate surface area is 143 Å². The second-order valence-corrected chi connectivity index (χ2v) is 6.04. The van der Waals surface area contributed by atoms with Crippen LogP contribution in [0.5, 0.6) is 5.75 Å². The maximum Gasteiger partial charge on any atom is 0.133 e. The van der Waals surface area contributed by atoms with E-state index in [0.717, 1.165) is 62.0 Å². The fourth-order valence-electron chi connectivity index (χ4n) is 3.12. The Morgan fingerprint density at radius 1 is 1.25 bits per heavy atom. The lowest BCUT2D eigenvalue weighted by molar-refractivity contribution is 0.336. The highest BCUT2D eigenvalue weighted by atomic mass is 16.5. The van der Waals surface area contributed by atoms with Crippen molar-refractivity contribution < 1.29 is 4.74 Å². The third kappa shape index (κ3) is 4.03. The molecule has 2 heterocycles. The lowest BCUT2D eigenvalue weighted by atomic mass is 10.1. The van der Waals surface area contributed by atoms with Crippen LogP contribution < -0.4 is 15.4 Å². The van der Waals surface area contributed by atoms with Crippen molar-refractivity contribution in [2.24, 2.45) is 0 Å². The molecule has 0 spiro atoms. The van der Waals surface area contributed by atoms with Crippen molar-refractivity contribution in [2.75, 3.05) is 25.0 Å². The third-order valence-electron chi connectivity index (χ3n) is 4.24. The molecule has 1 aromatic heterocycles. The van der Waals surface area contributed by atoms with Crippen LogP contribution in [0.25, 0.3) is 0 Å². The monoisotopic (exact) mass is 326 g/mol. The second kappa shape index (κ2) is 8.11. The lowest BCUT2D eigenvalue weighted by Crippen LogP contribution is -2.27. The number of hydrogen-bond donors (Lipinski definition) is 2. The van der Waals surface area contributed by atoms with Crippen LogP contribution in [0.15, 0.2) is 24.3 Å². The normalized spacial score (nSPS) is 13.4. The summed E-state index contributed by atoms with van der Waals surface area (Å²) in [6.07, 6.45) is 3.03. The van der Waals surface area contributed by atoms with Crippen LogP contribution in [0.3, 0.4) is 0 Å². The first-order valence-electron chi connectivity index (χ1n) is 8.79. The highest BCUT2D eigenvalue weighted by molar-refractivity contribution is 5.47. The highest BCUT2D eigenvalue weighted by Gasteiger charge is 2.16. The van der Waals surface area contributed by atoms with Crippen molar-refractivity contribution in [3.8, 4) is 5.75 Å². The summed E-state index contributed by atoms with van der Waals surface area (Å²) in [7, 11) is 0. The van der Waals surface area contributed by atoms with Crippen molar-refractivity contribution in [2.45, 2.75) is 39.7 Å². The van der Waals surface area contributed by atoms with Crippen LogP contribution in [-0.2, 0) is 19.4 Å². The van der Waals surface area contributed by atoms with Gasteiger partial charge in [-0.15, -0.1) is 0 Å².